The molecule has 0 aliphatic heterocycles. The van der Waals surface area contributed by atoms with Crippen LogP contribution in [0, 0.1) is 5.92 Å². The fourth-order valence-corrected chi connectivity index (χ4v) is 3.57. The van der Waals surface area contributed by atoms with Crippen molar-refractivity contribution in [1.82, 2.24) is 3.11 Å². The summed E-state index contributed by atoms with van der Waals surface area (Å²) in [6.45, 7) is 8.99. The lowest BCUT2D eigenvalue weighted by atomic mass is 10.0. The van der Waals surface area contributed by atoms with E-state index in [1.807, 2.05) is 3.11 Å². The van der Waals surface area contributed by atoms with Crippen molar-refractivity contribution >= 4 is 28.8 Å². The average molecular weight is 451 g/mol. The van der Waals surface area contributed by atoms with Crippen LogP contribution >= 0.6 is 22.9 Å². The van der Waals surface area contributed by atoms with Crippen molar-refractivity contribution in [3.63, 3.8) is 0 Å². The molecule has 3 heteroatoms. The van der Waals surface area contributed by atoms with E-state index >= 15 is 0 Å². The topological polar surface area (TPSA) is 20.3 Å². The highest BCUT2D eigenvalue weighted by Gasteiger charge is 2.16. The fraction of sp³-hybridized carbons (Fsp3) is 0.952. The monoisotopic (exact) mass is 451 g/mol. The van der Waals surface area contributed by atoms with E-state index < -0.39 is 0 Å². The predicted octanol–water partition coefficient (Wildman–Crippen LogP) is 7.69. The molecular weight excluding hydrogens is 409 g/mol. The van der Waals surface area contributed by atoms with Crippen LogP contribution < -0.4 is 0 Å². The lowest BCUT2D eigenvalue weighted by molar-refractivity contribution is -0.126. The lowest BCUT2D eigenvalue weighted by Crippen LogP contribution is -2.29. The second kappa shape index (κ2) is 16.7. The summed E-state index contributed by atoms with van der Waals surface area (Å²) in [4.78, 5) is 12.2. The highest BCUT2D eigenvalue weighted by molar-refractivity contribution is 14.1. The lowest BCUT2D eigenvalue weighted by Gasteiger charge is -2.23. The summed E-state index contributed by atoms with van der Waals surface area (Å²) in [5, 5.41) is 0. The van der Waals surface area contributed by atoms with Gasteiger partial charge < -0.3 is 0 Å². The number of unbranched alkanes of at least 4 members (excludes halogenated alkanes) is 9. The van der Waals surface area contributed by atoms with E-state index in [4.69, 9.17) is 0 Å². The molecule has 1 amide bonds. The number of halogens is 1. The molecule has 0 heterocycles. The van der Waals surface area contributed by atoms with Gasteiger partial charge in [-0.3, -0.25) is 7.91 Å². The molecule has 0 fully saturated rings. The number of amides is 1. The second-order valence-electron chi connectivity index (χ2n) is 7.81. The third kappa shape index (κ3) is 14.5. The first kappa shape index (κ1) is 24.2. The Morgan fingerprint density at radius 2 is 1.29 bits per heavy atom. The molecule has 0 aliphatic carbocycles. The summed E-state index contributed by atoms with van der Waals surface area (Å²) in [7, 11) is 0. The van der Waals surface area contributed by atoms with Crippen LogP contribution in [-0.2, 0) is 4.79 Å². The summed E-state index contributed by atoms with van der Waals surface area (Å²) in [6.07, 6.45) is 17.6. The number of rotatable bonds is 16. The number of hydrogen-bond acceptors (Lipinski definition) is 1. The first-order valence-corrected chi connectivity index (χ1v) is 11.4. The molecule has 0 aromatic rings. The molecule has 0 saturated carbocycles. The summed E-state index contributed by atoms with van der Waals surface area (Å²) < 4.78 is 1.95. The molecule has 0 radical (unpaired) electrons. The molecule has 2 nitrogen and oxygen atoms in total. The van der Waals surface area contributed by atoms with Crippen LogP contribution in [0.5, 0.6) is 0 Å². The maximum Gasteiger partial charge on any atom is 0.231 e. The number of carbonyl (C=O) groups is 1. The van der Waals surface area contributed by atoms with Crippen LogP contribution in [0.3, 0.4) is 0 Å². The molecule has 1 unspecified atom stereocenters. The molecule has 0 spiro atoms. The molecule has 0 saturated heterocycles. The van der Waals surface area contributed by atoms with Gasteiger partial charge >= 0.3 is 0 Å². The van der Waals surface area contributed by atoms with Crippen molar-refractivity contribution in [2.45, 2.75) is 124 Å². The van der Waals surface area contributed by atoms with Crippen molar-refractivity contribution < 1.29 is 4.79 Å². The smallest absolute Gasteiger partial charge is 0.231 e. The minimum Gasteiger partial charge on any atom is -0.282 e. The van der Waals surface area contributed by atoms with Crippen molar-refractivity contribution in [3.05, 3.63) is 0 Å². The third-order valence-electron chi connectivity index (χ3n) is 4.77. The van der Waals surface area contributed by atoms with Crippen LogP contribution in [0.2, 0.25) is 0 Å². The van der Waals surface area contributed by atoms with E-state index in [0.717, 1.165) is 25.2 Å². The van der Waals surface area contributed by atoms with Gasteiger partial charge in [0.1, 0.15) is 0 Å². The summed E-state index contributed by atoms with van der Waals surface area (Å²) in [5.41, 5.74) is 0. The number of hydrogen-bond donors (Lipinski definition) is 0. The van der Waals surface area contributed by atoms with E-state index in [9.17, 15) is 4.79 Å². The largest absolute Gasteiger partial charge is 0.282 e. The minimum absolute atomic E-state index is 0.326. The van der Waals surface area contributed by atoms with Crippen LogP contribution in [0.15, 0.2) is 0 Å². The molecule has 0 bridgehead atoms. The van der Waals surface area contributed by atoms with Gasteiger partial charge in [0, 0.05) is 12.5 Å². The molecule has 0 N–H and O–H groups in total. The van der Waals surface area contributed by atoms with Crippen molar-refractivity contribution in [1.29, 1.82) is 0 Å². The molecule has 0 rings (SSSR count). The van der Waals surface area contributed by atoms with Crippen LogP contribution in [-0.4, -0.2) is 15.1 Å². The Morgan fingerprint density at radius 3 is 1.79 bits per heavy atom. The van der Waals surface area contributed by atoms with Crippen molar-refractivity contribution in [2.75, 3.05) is 0 Å². The molecule has 144 valence electrons. The van der Waals surface area contributed by atoms with E-state index in [-0.39, 0.29) is 0 Å². The first-order chi connectivity index (χ1) is 11.5. The predicted molar refractivity (Wildman–Crippen MR) is 115 cm³/mol. The molecule has 0 aliphatic rings. The van der Waals surface area contributed by atoms with E-state index in [1.165, 1.54) is 70.6 Å². The molecule has 0 aromatic heterocycles. The fourth-order valence-electron chi connectivity index (χ4n) is 3.05. The average Bonchev–Trinajstić information content (AvgIpc) is 2.55. The van der Waals surface area contributed by atoms with Gasteiger partial charge in [0.25, 0.3) is 0 Å². The number of carbonyl (C=O) groups excluding carboxylic acids is 1. The zero-order chi connectivity index (χ0) is 18.2. The first-order valence-electron chi connectivity index (χ1n) is 10.5. The number of nitrogens with zero attached hydrogens (tertiary/aromatic N) is 1. The molecule has 0 aromatic carbocycles. The SMILES string of the molecule is CCCCCCCCCCCCC(=O)N(I)C(C)CCCC(C)C. The quantitative estimate of drug-likeness (QED) is 0.134. The standard InChI is InChI=1S/C21H42INO/c1-5-6-7-8-9-10-11-12-13-14-18-21(24)23(22)20(4)17-15-16-19(2)3/h19-20H,5-18H2,1-4H3. The summed E-state index contributed by atoms with van der Waals surface area (Å²) in [5.74, 6) is 1.09. The normalized spacial score (nSPS) is 12.6. The van der Waals surface area contributed by atoms with Gasteiger partial charge in [-0.25, -0.2) is 0 Å². The Labute approximate surface area is 166 Å². The van der Waals surface area contributed by atoms with Crippen molar-refractivity contribution in [2.24, 2.45) is 5.92 Å². The van der Waals surface area contributed by atoms with Crippen LogP contribution in [0.4, 0.5) is 0 Å². The van der Waals surface area contributed by atoms with Crippen LogP contribution in [0.1, 0.15) is 118 Å². The van der Waals surface area contributed by atoms with E-state index in [0.29, 0.717) is 11.9 Å². The van der Waals surface area contributed by atoms with Gasteiger partial charge in [0.2, 0.25) is 5.91 Å². The summed E-state index contributed by atoms with van der Waals surface area (Å²) in [6, 6.07) is 0.375. The van der Waals surface area contributed by atoms with Gasteiger partial charge in [-0.05, 0) is 25.7 Å². The third-order valence-corrected chi connectivity index (χ3v) is 6.26. The van der Waals surface area contributed by atoms with E-state index in [2.05, 4.69) is 50.6 Å². The maximum atomic E-state index is 12.2. The Hall–Kier alpha value is 0.200. The Bertz CT molecular complexity index is 294. The van der Waals surface area contributed by atoms with Gasteiger partial charge in [0.15, 0.2) is 0 Å². The Kier molecular flexibility index (Phi) is 16.8. The highest BCUT2D eigenvalue weighted by Crippen LogP contribution is 2.18. The highest BCUT2D eigenvalue weighted by atomic mass is 127. The van der Waals surface area contributed by atoms with Gasteiger partial charge in [0.05, 0.1) is 22.9 Å². The van der Waals surface area contributed by atoms with E-state index in [1.54, 1.807) is 0 Å². The summed E-state index contributed by atoms with van der Waals surface area (Å²) >= 11 is 2.22. The molecule has 1 atom stereocenters. The van der Waals surface area contributed by atoms with Gasteiger partial charge in [-0.2, -0.15) is 0 Å². The minimum atomic E-state index is 0.326. The second-order valence-corrected chi connectivity index (χ2v) is 8.85. The van der Waals surface area contributed by atoms with Crippen LogP contribution in [0.25, 0.3) is 0 Å². The Morgan fingerprint density at radius 1 is 0.792 bits per heavy atom. The maximum absolute atomic E-state index is 12.2. The van der Waals surface area contributed by atoms with Gasteiger partial charge in [-0.1, -0.05) is 91.4 Å². The van der Waals surface area contributed by atoms with Gasteiger partial charge in [-0.15, -0.1) is 0 Å². The molecular formula is C21H42INO. The molecule has 24 heavy (non-hydrogen) atoms. The Balaban J connectivity index is 3.53. The zero-order valence-electron chi connectivity index (χ0n) is 16.8. The van der Waals surface area contributed by atoms with Crippen molar-refractivity contribution in [3.8, 4) is 0 Å². The zero-order valence-corrected chi connectivity index (χ0v) is 18.9.